The maximum atomic E-state index is 11.7. The molecule has 11 nitrogen and oxygen atoms in total. The summed E-state index contributed by atoms with van der Waals surface area (Å²) in [6, 6.07) is 5.22. The van der Waals surface area contributed by atoms with Crippen LogP contribution in [-0.4, -0.2) is 48.0 Å². The highest BCUT2D eigenvalue weighted by atomic mass is 32.2. The number of rotatable bonds is 6. The molecule has 3 aromatic rings. The van der Waals surface area contributed by atoms with Gasteiger partial charge < -0.3 is 0 Å². The third-order valence-corrected chi connectivity index (χ3v) is 3.97. The maximum absolute atomic E-state index is 11.7. The van der Waals surface area contributed by atoms with Crippen molar-refractivity contribution in [2.45, 2.75) is 5.03 Å². The second-order valence-corrected chi connectivity index (χ2v) is 5.90. The van der Waals surface area contributed by atoms with Crippen molar-refractivity contribution in [1.29, 1.82) is 0 Å². The predicted octanol–water partition coefficient (Wildman–Crippen LogP) is -0.447. The van der Waals surface area contributed by atoms with Crippen LogP contribution >= 0.6 is 11.8 Å². The average Bonchev–Trinajstić information content (AvgIpc) is 2.68. The highest BCUT2D eigenvalue weighted by Gasteiger charge is 2.07. The van der Waals surface area contributed by atoms with Crippen LogP contribution in [0.25, 0.3) is 11.4 Å². The zero-order valence-electron chi connectivity index (χ0n) is 13.6. The summed E-state index contributed by atoms with van der Waals surface area (Å²) in [6.45, 7) is 0. The number of nitrogens with zero attached hydrogens (tertiary/aromatic N) is 5. The largest absolute Gasteiger partial charge is 0.342 e. The van der Waals surface area contributed by atoms with Crippen molar-refractivity contribution < 1.29 is 4.79 Å². The van der Waals surface area contributed by atoms with Crippen molar-refractivity contribution in [3.63, 3.8) is 0 Å². The molecule has 136 valence electrons. The number of hydrogen-bond acceptors (Lipinski definition) is 9. The number of H-pyrrole nitrogens is 2. The van der Waals surface area contributed by atoms with Crippen LogP contribution in [0.2, 0.25) is 0 Å². The number of aromatic amines is 2. The highest BCUT2D eigenvalue weighted by Crippen LogP contribution is 2.11. The van der Waals surface area contributed by atoms with E-state index in [0.29, 0.717) is 11.5 Å². The zero-order valence-corrected chi connectivity index (χ0v) is 14.4. The molecule has 0 unspecified atom stereocenters. The Morgan fingerprint density at radius 1 is 1.22 bits per heavy atom. The molecular formula is C15H12N8O3S. The van der Waals surface area contributed by atoms with E-state index in [-0.39, 0.29) is 10.8 Å². The Morgan fingerprint density at radius 2 is 2.04 bits per heavy atom. The Morgan fingerprint density at radius 3 is 2.74 bits per heavy atom. The minimum atomic E-state index is -0.712. The minimum Gasteiger partial charge on any atom is -0.272 e. The van der Waals surface area contributed by atoms with Crippen LogP contribution in [0.15, 0.2) is 56.5 Å². The quantitative estimate of drug-likeness (QED) is 0.293. The molecule has 27 heavy (non-hydrogen) atoms. The van der Waals surface area contributed by atoms with E-state index in [9.17, 15) is 14.4 Å². The van der Waals surface area contributed by atoms with Gasteiger partial charge in [0.25, 0.3) is 5.56 Å². The fraction of sp³-hybridized carbons (Fsp3) is 0.0667. The summed E-state index contributed by atoms with van der Waals surface area (Å²) in [5.41, 5.74) is 2.22. The molecule has 0 atom stereocenters. The number of hydrogen-bond donors (Lipinski definition) is 3. The van der Waals surface area contributed by atoms with Gasteiger partial charge in [-0.2, -0.15) is 10.2 Å². The minimum absolute atomic E-state index is 0.0193. The molecule has 0 saturated heterocycles. The normalized spacial score (nSPS) is 10.8. The number of thioether (sulfide) groups is 1. The molecule has 0 saturated carbocycles. The van der Waals surface area contributed by atoms with Gasteiger partial charge in [0.1, 0.15) is 0 Å². The Bertz CT molecular complexity index is 1060. The number of carbonyl (C=O) groups excluding carboxylic acids is 1. The first-order valence-electron chi connectivity index (χ1n) is 7.49. The lowest BCUT2D eigenvalue weighted by Gasteiger charge is -2.00. The first-order chi connectivity index (χ1) is 13.1. The number of amides is 1. The first kappa shape index (κ1) is 18.1. The van der Waals surface area contributed by atoms with Crippen molar-refractivity contribution >= 4 is 23.9 Å². The Kier molecular flexibility index (Phi) is 5.79. The van der Waals surface area contributed by atoms with E-state index in [1.54, 1.807) is 36.8 Å². The van der Waals surface area contributed by atoms with Crippen molar-refractivity contribution in [2.24, 2.45) is 5.10 Å². The summed E-state index contributed by atoms with van der Waals surface area (Å²) in [5.74, 6) is 0.0135. The Hall–Kier alpha value is -3.67. The number of hydrazone groups is 1. The SMILES string of the molecule is O=C(CSc1n[nH]c(=O)[nH]c1=O)N/N=C/c1ccc(-c2ncccn2)cn1. The van der Waals surface area contributed by atoms with Gasteiger partial charge in [0.05, 0.1) is 17.7 Å². The second kappa shape index (κ2) is 8.62. The van der Waals surface area contributed by atoms with E-state index in [2.05, 4.69) is 35.7 Å². The molecule has 0 spiro atoms. The highest BCUT2D eigenvalue weighted by molar-refractivity contribution is 7.99. The van der Waals surface area contributed by atoms with Crippen molar-refractivity contribution in [2.75, 3.05) is 5.75 Å². The fourth-order valence-corrected chi connectivity index (χ4v) is 2.46. The number of aromatic nitrogens is 6. The topological polar surface area (TPSA) is 159 Å². The molecule has 0 radical (unpaired) electrons. The van der Waals surface area contributed by atoms with Gasteiger partial charge in [0.15, 0.2) is 10.9 Å². The summed E-state index contributed by atoms with van der Waals surface area (Å²) in [6.07, 6.45) is 6.26. The molecule has 3 aromatic heterocycles. The Labute approximate surface area is 155 Å². The van der Waals surface area contributed by atoms with Crippen LogP contribution in [0.1, 0.15) is 5.69 Å². The van der Waals surface area contributed by atoms with Crippen LogP contribution in [0.4, 0.5) is 0 Å². The molecular weight excluding hydrogens is 372 g/mol. The van der Waals surface area contributed by atoms with Crippen molar-refractivity contribution in [3.05, 3.63) is 63.3 Å². The van der Waals surface area contributed by atoms with Crippen molar-refractivity contribution in [3.8, 4) is 11.4 Å². The lowest BCUT2D eigenvalue weighted by Crippen LogP contribution is -2.26. The predicted molar refractivity (Wildman–Crippen MR) is 97.2 cm³/mol. The van der Waals surface area contributed by atoms with Crippen LogP contribution < -0.4 is 16.7 Å². The molecule has 1 amide bonds. The lowest BCUT2D eigenvalue weighted by molar-refractivity contribution is -0.118. The monoisotopic (exact) mass is 384 g/mol. The van der Waals surface area contributed by atoms with Gasteiger partial charge in [-0.25, -0.2) is 25.3 Å². The van der Waals surface area contributed by atoms with E-state index >= 15 is 0 Å². The van der Waals surface area contributed by atoms with Crippen molar-refractivity contribution in [1.82, 2.24) is 35.6 Å². The molecule has 0 aliphatic rings. The van der Waals surface area contributed by atoms with E-state index in [1.165, 1.54) is 6.21 Å². The first-order valence-corrected chi connectivity index (χ1v) is 8.47. The number of carbonyl (C=O) groups is 1. The summed E-state index contributed by atoms with van der Waals surface area (Å²) in [4.78, 5) is 48.5. The average molecular weight is 384 g/mol. The molecule has 12 heteroatoms. The molecule has 0 aromatic carbocycles. The summed E-state index contributed by atoms with van der Waals surface area (Å²) < 4.78 is 0. The van der Waals surface area contributed by atoms with Gasteiger partial charge in [-0.1, -0.05) is 11.8 Å². The zero-order chi connectivity index (χ0) is 19.1. The Balaban J connectivity index is 1.52. The standard InChI is InChI=1S/C15H12N8O3S/c24-11(8-27-14-13(25)20-15(26)23-22-14)21-19-7-10-3-2-9(6-18-10)12-16-4-1-5-17-12/h1-7H,8H2,(H,21,24)(H2,20,23,25,26)/b19-7+. The molecule has 3 heterocycles. The van der Waals surface area contributed by atoms with Crippen LogP contribution in [0.3, 0.4) is 0 Å². The molecule has 0 bridgehead atoms. The number of pyridine rings is 1. The van der Waals surface area contributed by atoms with Gasteiger partial charge in [0, 0.05) is 24.2 Å². The molecule has 3 rings (SSSR count). The molecule has 0 aliphatic carbocycles. The van der Waals surface area contributed by atoms with E-state index in [4.69, 9.17) is 0 Å². The van der Waals surface area contributed by atoms with Crippen LogP contribution in [-0.2, 0) is 4.79 Å². The second-order valence-electron chi connectivity index (χ2n) is 4.94. The van der Waals surface area contributed by atoms with Gasteiger partial charge in [-0.15, -0.1) is 0 Å². The lowest BCUT2D eigenvalue weighted by atomic mass is 10.2. The van der Waals surface area contributed by atoms with Gasteiger partial charge in [-0.3, -0.25) is 19.6 Å². The summed E-state index contributed by atoms with van der Waals surface area (Å²) in [7, 11) is 0. The summed E-state index contributed by atoms with van der Waals surface area (Å²) >= 11 is 0.869. The molecule has 0 aliphatic heterocycles. The molecule has 3 N–H and O–H groups in total. The number of nitrogens with one attached hydrogen (secondary N) is 3. The summed E-state index contributed by atoms with van der Waals surface area (Å²) in [5, 5.41) is 9.42. The van der Waals surface area contributed by atoms with E-state index in [1.807, 2.05) is 4.98 Å². The maximum Gasteiger partial charge on any atom is 0.342 e. The van der Waals surface area contributed by atoms with E-state index in [0.717, 1.165) is 17.3 Å². The molecule has 0 fully saturated rings. The third-order valence-electron chi connectivity index (χ3n) is 3.02. The van der Waals surface area contributed by atoms with Crippen LogP contribution in [0.5, 0.6) is 0 Å². The van der Waals surface area contributed by atoms with Gasteiger partial charge in [-0.05, 0) is 18.2 Å². The fourth-order valence-electron chi connectivity index (χ4n) is 1.83. The van der Waals surface area contributed by atoms with Crippen LogP contribution in [0, 0.1) is 0 Å². The van der Waals surface area contributed by atoms with Gasteiger partial charge in [0.2, 0.25) is 5.91 Å². The van der Waals surface area contributed by atoms with Gasteiger partial charge >= 0.3 is 5.69 Å². The third kappa shape index (κ3) is 5.15. The smallest absolute Gasteiger partial charge is 0.272 e. The van der Waals surface area contributed by atoms with E-state index < -0.39 is 17.2 Å².